The van der Waals surface area contributed by atoms with E-state index in [1.165, 1.54) is 0 Å². The SMILES string of the molecule is [SiH3]Oc1ccccc1OC(c1ccccc1)c1ccccc1. The Morgan fingerprint density at radius 1 is 0.591 bits per heavy atom. The third-order valence-electron chi connectivity index (χ3n) is 3.52. The van der Waals surface area contributed by atoms with Crippen molar-refractivity contribution < 1.29 is 9.16 Å². The van der Waals surface area contributed by atoms with Crippen molar-refractivity contribution in [2.45, 2.75) is 6.10 Å². The molecule has 0 aliphatic heterocycles. The van der Waals surface area contributed by atoms with E-state index >= 15 is 0 Å². The van der Waals surface area contributed by atoms with Crippen molar-refractivity contribution in [3.8, 4) is 11.5 Å². The maximum Gasteiger partial charge on any atom is 0.204 e. The first-order valence-electron chi connectivity index (χ1n) is 7.28. The van der Waals surface area contributed by atoms with E-state index in [2.05, 4.69) is 24.3 Å². The average Bonchev–Trinajstić information content (AvgIpc) is 2.61. The first-order chi connectivity index (χ1) is 10.9. The average molecular weight is 306 g/mol. The van der Waals surface area contributed by atoms with Gasteiger partial charge < -0.3 is 9.16 Å². The fraction of sp³-hybridized carbons (Fsp3) is 0.0526. The molecular formula is C19H18O2Si. The molecule has 0 aromatic heterocycles. The standard InChI is InChI=1S/C19H18O2Si/c22-21-18-14-8-7-13-17(18)20-19(15-9-3-1-4-10-15)16-11-5-2-6-12-16/h1-14,19H,22H3. The second kappa shape index (κ2) is 6.96. The summed E-state index contributed by atoms with van der Waals surface area (Å²) in [6.45, 7) is 0. The first kappa shape index (κ1) is 14.4. The third kappa shape index (κ3) is 3.20. The molecule has 110 valence electrons. The van der Waals surface area contributed by atoms with Gasteiger partial charge in [0.15, 0.2) is 5.75 Å². The Morgan fingerprint density at radius 2 is 1.05 bits per heavy atom. The molecule has 0 aliphatic carbocycles. The first-order valence-corrected chi connectivity index (χ1v) is 8.09. The molecule has 0 amide bonds. The van der Waals surface area contributed by atoms with Crippen LogP contribution in [0.3, 0.4) is 0 Å². The molecule has 0 N–H and O–H groups in total. The molecule has 0 radical (unpaired) electrons. The lowest BCUT2D eigenvalue weighted by Gasteiger charge is -2.21. The zero-order valence-electron chi connectivity index (χ0n) is 12.5. The van der Waals surface area contributed by atoms with Crippen LogP contribution in [0.4, 0.5) is 0 Å². The molecule has 3 heteroatoms. The van der Waals surface area contributed by atoms with E-state index in [1.54, 1.807) is 0 Å². The Labute approximate surface area is 133 Å². The fourth-order valence-electron chi connectivity index (χ4n) is 2.43. The summed E-state index contributed by atoms with van der Waals surface area (Å²) < 4.78 is 11.8. The maximum atomic E-state index is 6.31. The highest BCUT2D eigenvalue weighted by atomic mass is 28.2. The van der Waals surface area contributed by atoms with E-state index in [0.717, 1.165) is 22.6 Å². The number of hydrogen-bond acceptors (Lipinski definition) is 2. The van der Waals surface area contributed by atoms with Crippen LogP contribution in [0.2, 0.25) is 0 Å². The van der Waals surface area contributed by atoms with E-state index < -0.39 is 0 Å². The highest BCUT2D eigenvalue weighted by molar-refractivity contribution is 6.00. The fourth-order valence-corrected chi connectivity index (χ4v) is 2.76. The smallest absolute Gasteiger partial charge is 0.204 e. The monoisotopic (exact) mass is 306 g/mol. The largest absolute Gasteiger partial charge is 0.551 e. The van der Waals surface area contributed by atoms with Crippen molar-refractivity contribution in [2.24, 2.45) is 0 Å². The molecule has 3 rings (SSSR count). The molecule has 0 heterocycles. The van der Waals surface area contributed by atoms with Crippen molar-refractivity contribution in [1.29, 1.82) is 0 Å². The normalized spacial score (nSPS) is 10.6. The van der Waals surface area contributed by atoms with Gasteiger partial charge in [-0.25, -0.2) is 0 Å². The van der Waals surface area contributed by atoms with Gasteiger partial charge in [0.2, 0.25) is 10.5 Å². The topological polar surface area (TPSA) is 18.5 Å². The molecule has 0 saturated carbocycles. The highest BCUT2D eigenvalue weighted by Crippen LogP contribution is 2.33. The van der Waals surface area contributed by atoms with E-state index in [4.69, 9.17) is 9.16 Å². The van der Waals surface area contributed by atoms with Gasteiger partial charge in [0.1, 0.15) is 11.9 Å². The summed E-state index contributed by atoms with van der Waals surface area (Å²) in [4.78, 5) is 0. The van der Waals surface area contributed by atoms with E-state index in [0.29, 0.717) is 10.5 Å². The Balaban J connectivity index is 1.99. The Morgan fingerprint density at radius 3 is 1.55 bits per heavy atom. The van der Waals surface area contributed by atoms with Crippen molar-refractivity contribution in [3.63, 3.8) is 0 Å². The second-order valence-electron chi connectivity index (χ2n) is 4.97. The van der Waals surface area contributed by atoms with Gasteiger partial charge in [-0.2, -0.15) is 0 Å². The van der Waals surface area contributed by atoms with Gasteiger partial charge in [0.25, 0.3) is 0 Å². The van der Waals surface area contributed by atoms with E-state index in [1.807, 2.05) is 60.7 Å². The van der Waals surface area contributed by atoms with Gasteiger partial charge in [-0.3, -0.25) is 0 Å². The molecule has 0 saturated heterocycles. The van der Waals surface area contributed by atoms with Gasteiger partial charge in [-0.1, -0.05) is 72.8 Å². The van der Waals surface area contributed by atoms with Gasteiger partial charge in [-0.15, -0.1) is 0 Å². The van der Waals surface area contributed by atoms with Crippen LogP contribution in [0.15, 0.2) is 84.9 Å². The number of hydrogen-bond donors (Lipinski definition) is 0. The van der Waals surface area contributed by atoms with E-state index in [-0.39, 0.29) is 6.10 Å². The lowest BCUT2D eigenvalue weighted by atomic mass is 10.0. The minimum Gasteiger partial charge on any atom is -0.551 e. The summed E-state index contributed by atoms with van der Waals surface area (Å²) >= 11 is 0. The quantitative estimate of drug-likeness (QED) is 0.672. The predicted octanol–water partition coefficient (Wildman–Crippen LogP) is 3.51. The van der Waals surface area contributed by atoms with Crippen molar-refractivity contribution in [3.05, 3.63) is 96.1 Å². The number of benzene rings is 3. The van der Waals surface area contributed by atoms with E-state index in [9.17, 15) is 0 Å². The van der Waals surface area contributed by atoms with Crippen molar-refractivity contribution >= 4 is 10.5 Å². The minimum absolute atomic E-state index is 0.152. The lowest BCUT2D eigenvalue weighted by Crippen LogP contribution is -2.10. The lowest BCUT2D eigenvalue weighted by molar-refractivity contribution is 0.241. The summed E-state index contributed by atoms with van der Waals surface area (Å²) in [5, 5.41) is 0. The van der Waals surface area contributed by atoms with Crippen LogP contribution < -0.4 is 9.16 Å². The number of para-hydroxylation sites is 2. The van der Waals surface area contributed by atoms with Gasteiger partial charge in [0, 0.05) is 0 Å². The van der Waals surface area contributed by atoms with Gasteiger partial charge in [-0.05, 0) is 23.3 Å². The van der Waals surface area contributed by atoms with Crippen LogP contribution in [-0.4, -0.2) is 10.5 Å². The van der Waals surface area contributed by atoms with Crippen molar-refractivity contribution in [1.82, 2.24) is 0 Å². The molecular weight excluding hydrogens is 288 g/mol. The molecule has 0 spiro atoms. The van der Waals surface area contributed by atoms with Crippen LogP contribution in [0.25, 0.3) is 0 Å². The molecule has 0 bridgehead atoms. The predicted molar refractivity (Wildman–Crippen MR) is 92.4 cm³/mol. The minimum atomic E-state index is -0.152. The zero-order chi connectivity index (χ0) is 15.2. The molecule has 3 aromatic carbocycles. The second-order valence-corrected chi connectivity index (χ2v) is 5.38. The van der Waals surface area contributed by atoms with Crippen LogP contribution in [0.5, 0.6) is 11.5 Å². The van der Waals surface area contributed by atoms with Gasteiger partial charge >= 0.3 is 0 Å². The van der Waals surface area contributed by atoms with Crippen LogP contribution in [-0.2, 0) is 0 Å². The molecule has 0 atom stereocenters. The zero-order valence-corrected chi connectivity index (χ0v) is 14.5. The van der Waals surface area contributed by atoms with Crippen LogP contribution in [0, 0.1) is 0 Å². The Kier molecular flexibility index (Phi) is 4.56. The highest BCUT2D eigenvalue weighted by Gasteiger charge is 2.17. The molecule has 0 unspecified atom stereocenters. The summed E-state index contributed by atoms with van der Waals surface area (Å²) in [6, 6.07) is 28.3. The Hall–Kier alpha value is -2.52. The number of rotatable bonds is 5. The van der Waals surface area contributed by atoms with Crippen LogP contribution in [0.1, 0.15) is 17.2 Å². The molecule has 2 nitrogen and oxygen atoms in total. The van der Waals surface area contributed by atoms with Crippen molar-refractivity contribution in [2.75, 3.05) is 0 Å². The Bertz CT molecular complexity index is 674. The summed E-state index contributed by atoms with van der Waals surface area (Å²) in [5.41, 5.74) is 2.24. The molecule has 0 fully saturated rings. The summed E-state index contributed by atoms with van der Waals surface area (Å²) in [6.07, 6.45) is -0.152. The molecule has 0 aliphatic rings. The third-order valence-corrected chi connectivity index (χ3v) is 3.96. The van der Waals surface area contributed by atoms with Gasteiger partial charge in [0.05, 0.1) is 0 Å². The summed E-state index contributed by atoms with van der Waals surface area (Å²) in [7, 11) is 0.636. The summed E-state index contributed by atoms with van der Waals surface area (Å²) in [5.74, 6) is 1.57. The number of ether oxygens (including phenoxy) is 1. The van der Waals surface area contributed by atoms with Crippen LogP contribution >= 0.6 is 0 Å². The molecule has 22 heavy (non-hydrogen) atoms. The molecule has 3 aromatic rings. The maximum absolute atomic E-state index is 6.31.